The van der Waals surface area contributed by atoms with E-state index in [4.69, 9.17) is 27.9 Å². The largest absolute Gasteiger partial charge is 0.496 e. The Hall–Kier alpha value is -1.29. The minimum atomic E-state index is -0.107. The SMILES string of the molecule is CNC(c1ccncc1Cl)c1cc(Cl)ccc1OC. The molecule has 0 bridgehead atoms. The average molecular weight is 297 g/mol. The predicted molar refractivity (Wildman–Crippen MR) is 78.2 cm³/mol. The van der Waals surface area contributed by atoms with Gasteiger partial charge in [0, 0.05) is 23.0 Å². The maximum Gasteiger partial charge on any atom is 0.124 e. The normalized spacial score (nSPS) is 12.2. The monoisotopic (exact) mass is 296 g/mol. The first-order valence-electron chi connectivity index (χ1n) is 5.77. The highest BCUT2D eigenvalue weighted by Crippen LogP contribution is 2.34. The minimum absolute atomic E-state index is 0.107. The molecule has 0 aliphatic rings. The van der Waals surface area contributed by atoms with E-state index in [0.717, 1.165) is 16.9 Å². The first kappa shape index (κ1) is 14.1. The van der Waals surface area contributed by atoms with Gasteiger partial charge in [0.05, 0.1) is 18.2 Å². The number of methoxy groups -OCH3 is 1. The number of nitrogens with one attached hydrogen (secondary N) is 1. The second kappa shape index (κ2) is 6.24. The van der Waals surface area contributed by atoms with Crippen molar-refractivity contribution >= 4 is 23.2 Å². The van der Waals surface area contributed by atoms with Crippen molar-refractivity contribution in [2.75, 3.05) is 14.2 Å². The first-order chi connectivity index (χ1) is 9.17. The lowest BCUT2D eigenvalue weighted by Crippen LogP contribution is -2.19. The maximum atomic E-state index is 6.21. The summed E-state index contributed by atoms with van der Waals surface area (Å²) in [6, 6.07) is 7.29. The van der Waals surface area contributed by atoms with Crippen LogP contribution in [-0.4, -0.2) is 19.1 Å². The van der Waals surface area contributed by atoms with Crippen molar-refractivity contribution in [3.63, 3.8) is 0 Å². The molecular weight excluding hydrogens is 283 g/mol. The fourth-order valence-electron chi connectivity index (χ4n) is 2.03. The molecule has 0 saturated heterocycles. The second-order valence-corrected chi connectivity index (χ2v) is 4.85. The van der Waals surface area contributed by atoms with Crippen LogP contribution >= 0.6 is 23.2 Å². The third-order valence-electron chi connectivity index (χ3n) is 2.91. The number of ether oxygens (including phenoxy) is 1. The smallest absolute Gasteiger partial charge is 0.124 e. The van der Waals surface area contributed by atoms with Gasteiger partial charge >= 0.3 is 0 Å². The van der Waals surface area contributed by atoms with Crippen LogP contribution in [0.3, 0.4) is 0 Å². The third-order valence-corrected chi connectivity index (χ3v) is 3.46. The van der Waals surface area contributed by atoms with Crippen LogP contribution in [-0.2, 0) is 0 Å². The van der Waals surface area contributed by atoms with Crippen LogP contribution in [0.4, 0.5) is 0 Å². The number of hydrogen-bond donors (Lipinski definition) is 1. The van der Waals surface area contributed by atoms with Gasteiger partial charge in [0.1, 0.15) is 5.75 Å². The molecule has 3 nitrogen and oxygen atoms in total. The van der Waals surface area contributed by atoms with Gasteiger partial charge in [-0.1, -0.05) is 23.2 Å². The van der Waals surface area contributed by atoms with E-state index in [-0.39, 0.29) is 6.04 Å². The van der Waals surface area contributed by atoms with E-state index in [9.17, 15) is 0 Å². The van der Waals surface area contributed by atoms with E-state index in [1.54, 1.807) is 25.6 Å². The van der Waals surface area contributed by atoms with Gasteiger partial charge in [0.15, 0.2) is 0 Å². The number of pyridine rings is 1. The van der Waals surface area contributed by atoms with Crippen LogP contribution in [0, 0.1) is 0 Å². The summed E-state index contributed by atoms with van der Waals surface area (Å²) < 4.78 is 5.39. The highest BCUT2D eigenvalue weighted by Gasteiger charge is 2.19. The van der Waals surface area contributed by atoms with E-state index < -0.39 is 0 Å². The Morgan fingerprint density at radius 2 is 2.00 bits per heavy atom. The molecule has 0 aliphatic heterocycles. The Labute approximate surface area is 122 Å². The van der Waals surface area contributed by atoms with Crippen molar-refractivity contribution in [2.24, 2.45) is 0 Å². The molecule has 100 valence electrons. The van der Waals surface area contributed by atoms with E-state index in [2.05, 4.69) is 10.3 Å². The van der Waals surface area contributed by atoms with Crippen LogP contribution < -0.4 is 10.1 Å². The van der Waals surface area contributed by atoms with Crippen molar-refractivity contribution in [3.8, 4) is 5.75 Å². The Morgan fingerprint density at radius 1 is 1.21 bits per heavy atom. The van der Waals surface area contributed by atoms with E-state index in [1.807, 2.05) is 25.2 Å². The molecule has 0 spiro atoms. The summed E-state index contributed by atoms with van der Waals surface area (Å²) in [6.07, 6.45) is 3.33. The summed E-state index contributed by atoms with van der Waals surface area (Å²) in [5.74, 6) is 0.761. The molecule has 1 aromatic heterocycles. The molecule has 0 fully saturated rings. The Bertz CT molecular complexity index is 575. The van der Waals surface area contributed by atoms with Crippen molar-refractivity contribution in [1.82, 2.24) is 10.3 Å². The van der Waals surface area contributed by atoms with Crippen LogP contribution in [0.1, 0.15) is 17.2 Å². The average Bonchev–Trinajstić information content (AvgIpc) is 2.42. The van der Waals surface area contributed by atoms with E-state index in [1.165, 1.54) is 0 Å². The molecule has 0 radical (unpaired) electrons. The minimum Gasteiger partial charge on any atom is -0.496 e. The van der Waals surface area contributed by atoms with Gasteiger partial charge in [-0.15, -0.1) is 0 Å². The Kier molecular flexibility index (Phi) is 4.64. The molecule has 2 aromatic rings. The lowest BCUT2D eigenvalue weighted by Gasteiger charge is -2.21. The standard InChI is InChI=1S/C14H14Cl2N2O/c1-17-14(10-5-6-18-8-12(10)16)11-7-9(15)3-4-13(11)19-2/h3-8,14,17H,1-2H3. The Balaban J connectivity index is 2.54. The summed E-state index contributed by atoms with van der Waals surface area (Å²) in [5, 5.41) is 4.48. The second-order valence-electron chi connectivity index (χ2n) is 4.01. The topological polar surface area (TPSA) is 34.2 Å². The lowest BCUT2D eigenvalue weighted by molar-refractivity contribution is 0.405. The number of halogens is 2. The summed E-state index contributed by atoms with van der Waals surface area (Å²) >= 11 is 12.3. The molecule has 1 heterocycles. The number of hydrogen-bond acceptors (Lipinski definition) is 3. The summed E-state index contributed by atoms with van der Waals surface area (Å²) in [5.41, 5.74) is 1.87. The molecule has 0 amide bonds. The third kappa shape index (κ3) is 3.00. The molecule has 0 saturated carbocycles. The van der Waals surface area contributed by atoms with Crippen molar-refractivity contribution in [1.29, 1.82) is 0 Å². The van der Waals surface area contributed by atoms with Gasteiger partial charge in [-0.2, -0.15) is 0 Å². The quantitative estimate of drug-likeness (QED) is 0.934. The van der Waals surface area contributed by atoms with Crippen LogP contribution in [0.15, 0.2) is 36.7 Å². The summed E-state index contributed by atoms with van der Waals surface area (Å²) in [4.78, 5) is 4.00. The number of benzene rings is 1. The van der Waals surface area contributed by atoms with E-state index >= 15 is 0 Å². The number of aromatic nitrogens is 1. The van der Waals surface area contributed by atoms with Crippen molar-refractivity contribution in [2.45, 2.75) is 6.04 Å². The van der Waals surface area contributed by atoms with Gasteiger partial charge in [0.25, 0.3) is 0 Å². The zero-order valence-corrected chi connectivity index (χ0v) is 12.2. The predicted octanol–water partition coefficient (Wildman–Crippen LogP) is 3.71. The van der Waals surface area contributed by atoms with Gasteiger partial charge in [-0.3, -0.25) is 4.98 Å². The van der Waals surface area contributed by atoms with Gasteiger partial charge in [-0.25, -0.2) is 0 Å². The molecule has 1 atom stereocenters. The van der Waals surface area contributed by atoms with E-state index in [0.29, 0.717) is 10.0 Å². The van der Waals surface area contributed by atoms with Crippen LogP contribution in [0.5, 0.6) is 5.75 Å². The zero-order valence-electron chi connectivity index (χ0n) is 10.7. The fourth-order valence-corrected chi connectivity index (χ4v) is 2.44. The van der Waals surface area contributed by atoms with Crippen LogP contribution in [0.25, 0.3) is 0 Å². The first-order valence-corrected chi connectivity index (χ1v) is 6.53. The molecule has 2 rings (SSSR count). The summed E-state index contributed by atoms with van der Waals surface area (Å²) in [7, 11) is 3.50. The van der Waals surface area contributed by atoms with Crippen LogP contribution in [0.2, 0.25) is 10.0 Å². The van der Waals surface area contributed by atoms with Gasteiger partial charge < -0.3 is 10.1 Å². The molecule has 5 heteroatoms. The highest BCUT2D eigenvalue weighted by atomic mass is 35.5. The van der Waals surface area contributed by atoms with Gasteiger partial charge in [0.2, 0.25) is 0 Å². The molecular formula is C14H14Cl2N2O. The highest BCUT2D eigenvalue weighted by molar-refractivity contribution is 6.31. The number of nitrogens with zero attached hydrogens (tertiary/aromatic N) is 1. The number of rotatable bonds is 4. The molecule has 19 heavy (non-hydrogen) atoms. The molecule has 0 aliphatic carbocycles. The fraction of sp³-hybridized carbons (Fsp3) is 0.214. The molecule has 1 N–H and O–H groups in total. The molecule has 1 unspecified atom stereocenters. The Morgan fingerprint density at radius 3 is 2.63 bits per heavy atom. The molecule has 1 aromatic carbocycles. The zero-order chi connectivity index (χ0) is 13.8. The van der Waals surface area contributed by atoms with Crippen molar-refractivity contribution in [3.05, 3.63) is 57.8 Å². The lowest BCUT2D eigenvalue weighted by atomic mass is 9.99. The van der Waals surface area contributed by atoms with Crippen molar-refractivity contribution < 1.29 is 4.74 Å². The maximum absolute atomic E-state index is 6.21. The van der Waals surface area contributed by atoms with Gasteiger partial charge in [-0.05, 0) is 36.9 Å². The summed E-state index contributed by atoms with van der Waals surface area (Å²) in [6.45, 7) is 0.